The van der Waals surface area contributed by atoms with Crippen LogP contribution in [0.2, 0.25) is 0 Å². The lowest BCUT2D eigenvalue weighted by Crippen LogP contribution is -2.44. The highest BCUT2D eigenvalue weighted by molar-refractivity contribution is 7.54. The van der Waals surface area contributed by atoms with E-state index in [1.165, 1.54) is 31.2 Å². The second kappa shape index (κ2) is 12.4. The summed E-state index contributed by atoms with van der Waals surface area (Å²) in [5.41, 5.74) is 0.622. The average molecular weight is 592 g/mol. The van der Waals surface area contributed by atoms with E-state index in [9.17, 15) is 23.7 Å². The third kappa shape index (κ3) is 7.15. The largest absolute Gasteiger partial charge is 0.463 e. The summed E-state index contributed by atoms with van der Waals surface area (Å²) < 4.78 is 82.6. The van der Waals surface area contributed by atoms with E-state index >= 15 is 4.39 Å². The van der Waals surface area contributed by atoms with Gasteiger partial charge in [0.05, 0.1) is 33.7 Å². The summed E-state index contributed by atoms with van der Waals surface area (Å²) >= 11 is 5.37. The van der Waals surface area contributed by atoms with Crippen LogP contribution in [0.15, 0.2) is 41.3 Å². The lowest BCUT2D eigenvalue weighted by atomic mass is 9.97. The smallest absolute Gasteiger partial charge is 0.380 e. The molecule has 1 aromatic carbocycles. The Morgan fingerprint density at radius 3 is 2.69 bits per heavy atom. The zero-order valence-corrected chi connectivity index (χ0v) is 22.6. The number of hydrogen-bond acceptors (Lipinski definition) is 10. The lowest BCUT2D eigenvalue weighted by molar-refractivity contribution is -0.151. The van der Waals surface area contributed by atoms with E-state index in [0.29, 0.717) is 6.20 Å². The van der Waals surface area contributed by atoms with E-state index in [4.69, 9.17) is 38.6 Å². The number of carbonyl (C=O) groups excluding carboxylic acids is 1. The Bertz CT molecular complexity index is 1440. The van der Waals surface area contributed by atoms with Crippen LogP contribution in [0.1, 0.15) is 29.7 Å². The quantitative estimate of drug-likeness (QED) is 0.239. The number of hydrogen-bond donors (Lipinski definition) is 2. The summed E-state index contributed by atoms with van der Waals surface area (Å²) in [4.78, 5) is 28.0. The number of nitrogen functional groups attached to an aromatic ring is 1. The van der Waals surface area contributed by atoms with Crippen molar-refractivity contribution in [1.82, 2.24) is 9.55 Å². The van der Waals surface area contributed by atoms with Crippen LogP contribution < -0.4 is 15.9 Å². The minimum Gasteiger partial charge on any atom is -0.463 e. The van der Waals surface area contributed by atoms with Gasteiger partial charge in [-0.1, -0.05) is 25.1 Å². The molecule has 2 aromatic rings. The molecule has 212 valence electrons. The van der Waals surface area contributed by atoms with Crippen molar-refractivity contribution in [3.63, 3.8) is 0 Å². The molecule has 0 aliphatic carbocycles. The van der Waals surface area contributed by atoms with E-state index in [0.717, 1.165) is 0 Å². The van der Waals surface area contributed by atoms with Gasteiger partial charge >= 0.3 is 19.3 Å². The predicted octanol–water partition coefficient (Wildman–Crippen LogP) is 3.01. The first-order valence-electron chi connectivity index (χ1n) is 12.5. The molecule has 3 N–H and O–H groups in total. The van der Waals surface area contributed by atoms with Gasteiger partial charge in [-0.3, -0.25) is 13.9 Å². The fourth-order valence-electron chi connectivity index (χ4n) is 3.50. The molecule has 0 spiro atoms. The van der Waals surface area contributed by atoms with Crippen LogP contribution in [0.3, 0.4) is 0 Å². The van der Waals surface area contributed by atoms with Gasteiger partial charge in [-0.25, -0.2) is 18.1 Å². The van der Waals surface area contributed by atoms with Gasteiger partial charge in [-0.05, 0) is 43.5 Å². The van der Waals surface area contributed by atoms with Crippen LogP contribution in [-0.4, -0.2) is 57.3 Å². The number of ether oxygens (including phenoxy) is 2. The summed E-state index contributed by atoms with van der Waals surface area (Å²) in [7, 11) is -4.68. The summed E-state index contributed by atoms with van der Waals surface area (Å²) in [6, 6.07) is 7.45. The van der Waals surface area contributed by atoms with Gasteiger partial charge < -0.3 is 24.8 Å². The Kier molecular flexibility index (Phi) is 8.79. The number of nitrogens with zero attached hydrogens (tertiary/aromatic N) is 2. The van der Waals surface area contributed by atoms with Crippen LogP contribution in [-0.2, 0) is 23.4 Å². The number of anilines is 1. The molecule has 1 unspecified atom stereocenters. The molecular formula is C24H27ClF2N3O8P. The van der Waals surface area contributed by atoms with Gasteiger partial charge in [0.15, 0.2) is 17.9 Å². The van der Waals surface area contributed by atoms with Crippen molar-refractivity contribution in [2.75, 3.05) is 18.5 Å². The number of para-hydroxylation sites is 1. The fraction of sp³-hybridized carbons (Fsp3) is 0.458. The number of aliphatic hydroxyl groups is 1. The molecule has 0 saturated carbocycles. The Morgan fingerprint density at radius 1 is 1.41 bits per heavy atom. The maximum Gasteiger partial charge on any atom is 0.380 e. The van der Waals surface area contributed by atoms with Crippen LogP contribution in [0.4, 0.5) is 14.6 Å². The highest BCUT2D eigenvalue weighted by Gasteiger charge is 2.58. The zero-order chi connectivity index (χ0) is 30.8. The minimum atomic E-state index is -4.68. The first kappa shape index (κ1) is 27.6. The van der Waals surface area contributed by atoms with Gasteiger partial charge in [0.2, 0.25) is 5.67 Å². The van der Waals surface area contributed by atoms with E-state index in [2.05, 4.69) is 4.98 Å². The second-order valence-electron chi connectivity index (χ2n) is 8.80. The van der Waals surface area contributed by atoms with Gasteiger partial charge in [-0.2, -0.15) is 4.98 Å². The van der Waals surface area contributed by atoms with Gasteiger partial charge in [0.1, 0.15) is 18.0 Å². The van der Waals surface area contributed by atoms with Crippen molar-refractivity contribution in [2.24, 2.45) is 5.92 Å². The van der Waals surface area contributed by atoms with Crippen molar-refractivity contribution in [1.29, 1.82) is 0 Å². The number of esters is 1. The molecule has 39 heavy (non-hydrogen) atoms. The molecular weight excluding hydrogens is 563 g/mol. The molecule has 15 heteroatoms. The van der Waals surface area contributed by atoms with Crippen LogP contribution >= 0.6 is 19.2 Å². The molecule has 6 atom stereocenters. The van der Waals surface area contributed by atoms with Crippen molar-refractivity contribution in [2.45, 2.75) is 51.0 Å². The highest BCUT2D eigenvalue weighted by atomic mass is 35.5. The number of aliphatic hydroxyl groups excluding tert-OH is 1. The Labute approximate surface area is 230 Å². The molecule has 1 fully saturated rings. The topological polar surface area (TPSA) is 152 Å². The third-order valence-electron chi connectivity index (χ3n) is 5.33. The molecule has 0 amide bonds. The number of benzene rings is 1. The van der Waals surface area contributed by atoms with Crippen molar-refractivity contribution in [3.05, 3.63) is 52.8 Å². The highest BCUT2D eigenvalue weighted by Crippen LogP contribution is 2.51. The Morgan fingerprint density at radius 2 is 2.08 bits per heavy atom. The van der Waals surface area contributed by atoms with Crippen LogP contribution in [0.25, 0.3) is 0 Å². The fourth-order valence-corrected chi connectivity index (χ4v) is 5.36. The first-order valence-corrected chi connectivity index (χ1v) is 13.6. The lowest BCUT2D eigenvalue weighted by Gasteiger charge is -2.24. The maximum atomic E-state index is 16.1. The summed E-state index contributed by atoms with van der Waals surface area (Å²) in [6.07, 6.45) is -7.99. The Balaban J connectivity index is 2.01. The number of rotatable bonds is 10. The molecule has 1 aromatic heterocycles. The first-order chi connectivity index (χ1) is 19.0. The summed E-state index contributed by atoms with van der Waals surface area (Å²) in [6.45, 7) is 1.19. The van der Waals surface area contributed by atoms with Crippen LogP contribution in [0.5, 0.6) is 5.75 Å². The molecule has 3 rings (SSSR count). The monoisotopic (exact) mass is 591 g/mol. The molecule has 11 nitrogen and oxygen atoms in total. The average Bonchev–Trinajstić information content (AvgIpc) is 3.12. The van der Waals surface area contributed by atoms with Gasteiger partial charge in [0.25, 0.3) is 0 Å². The molecule has 1 aliphatic rings. The van der Waals surface area contributed by atoms with Crippen molar-refractivity contribution >= 4 is 31.0 Å². The second-order valence-corrected chi connectivity index (χ2v) is 10.9. The Hall–Kier alpha value is -3.01. The number of halogens is 3. The molecule has 2 heterocycles. The van der Waals surface area contributed by atoms with Crippen molar-refractivity contribution < 1.29 is 44.5 Å². The predicted molar refractivity (Wildman–Crippen MR) is 136 cm³/mol. The van der Waals surface area contributed by atoms with Crippen LogP contribution in [0, 0.1) is 23.0 Å². The zero-order valence-electron chi connectivity index (χ0n) is 22.9. The maximum absolute atomic E-state index is 16.1. The number of nitrogens with two attached hydrogens (primary N) is 1. The standard InChI is InChI=1S/C24H27ClF2N3O8P/c1-14(2)36-21(32)15(3)13-39(34,38-16-7-5-4-6-8-16)35-12-18-19(31)24(27,9-10-25)22(37-18)30-11-17(26)20(28)29-23(30)33/h4-8,11,14-15,18-19,22,31H,12-13H2,1-3H3,(H2,28,29,33)/t15-,18-,19+,22-,24?,39+/m1/s1/i12D2. The van der Waals surface area contributed by atoms with E-state index in [-0.39, 0.29) is 10.3 Å². The molecule has 1 saturated heterocycles. The summed E-state index contributed by atoms with van der Waals surface area (Å²) in [5, 5.41) is 12.5. The minimum absolute atomic E-state index is 0.0235. The van der Waals surface area contributed by atoms with E-state index in [1.54, 1.807) is 31.2 Å². The van der Waals surface area contributed by atoms with Gasteiger partial charge in [0, 0.05) is 5.38 Å². The number of alkyl halides is 1. The summed E-state index contributed by atoms with van der Waals surface area (Å²) in [5.74, 6) is -2.20. The van der Waals surface area contributed by atoms with Gasteiger partial charge in [-0.15, -0.1) is 0 Å². The number of aromatic nitrogens is 2. The molecule has 0 radical (unpaired) electrons. The SMILES string of the molecule is [2H]C([2H])(O[P@@](=O)(C[C@@H](C)C(=O)OC(C)C)Oc1ccccc1)[C@H]1O[C@@H](n2cc(F)c(N)nc2=O)C(F)(C#CCl)[C@H]1O. The third-order valence-corrected chi connectivity index (χ3v) is 7.29. The molecule has 1 aliphatic heterocycles. The normalized spacial score (nSPS) is 26.0. The van der Waals surface area contributed by atoms with E-state index in [1.807, 2.05) is 0 Å². The molecule has 0 bridgehead atoms. The van der Waals surface area contributed by atoms with E-state index < -0.39 is 79.7 Å². The van der Waals surface area contributed by atoms with Crippen molar-refractivity contribution in [3.8, 4) is 17.0 Å². The number of carbonyl (C=O) groups is 1.